The van der Waals surface area contributed by atoms with Crippen LogP contribution in [0.4, 0.5) is 8.78 Å². The topological polar surface area (TPSA) is 43.9 Å². The molecule has 4 nitrogen and oxygen atoms in total. The fourth-order valence-corrected chi connectivity index (χ4v) is 1.55. The Hall–Kier alpha value is -1.72. The minimum absolute atomic E-state index is 0.135. The first-order valence-electron chi connectivity index (χ1n) is 5.27. The van der Waals surface area contributed by atoms with Crippen LogP contribution in [-0.2, 0) is 7.05 Å². The molecule has 0 unspecified atom stereocenters. The molecule has 17 heavy (non-hydrogen) atoms. The second-order valence-corrected chi connectivity index (χ2v) is 4.10. The molecule has 0 aliphatic rings. The number of rotatable bonds is 3. The third kappa shape index (κ3) is 2.20. The number of aromatic nitrogens is 3. The predicted octanol–water partition coefficient (Wildman–Crippen LogP) is 3.14. The highest BCUT2D eigenvalue weighted by Crippen LogP contribution is 2.31. The standard InChI is InChI=1S/C11H13F2N3O/c1-6(2)9-8(10(12)13)14-11(17-9)7-4-5-16(3)15-7/h4-6,10H,1-3H3. The van der Waals surface area contributed by atoms with Crippen molar-refractivity contribution in [3.63, 3.8) is 0 Å². The summed E-state index contributed by atoms with van der Waals surface area (Å²) in [6.07, 6.45) is -0.926. The fraction of sp³-hybridized carbons (Fsp3) is 0.455. The van der Waals surface area contributed by atoms with E-state index < -0.39 is 6.43 Å². The molecule has 0 aliphatic heterocycles. The number of halogens is 2. The third-order valence-electron chi connectivity index (χ3n) is 2.34. The minimum atomic E-state index is -2.63. The molecular formula is C11H13F2N3O. The van der Waals surface area contributed by atoms with Crippen molar-refractivity contribution in [3.05, 3.63) is 23.7 Å². The Morgan fingerprint density at radius 3 is 2.47 bits per heavy atom. The Morgan fingerprint density at radius 1 is 1.35 bits per heavy atom. The maximum atomic E-state index is 12.8. The normalized spacial score (nSPS) is 11.7. The number of alkyl halides is 2. The Kier molecular flexibility index (Phi) is 2.95. The van der Waals surface area contributed by atoms with Gasteiger partial charge in [-0.05, 0) is 6.07 Å². The molecule has 2 aromatic heterocycles. The molecule has 2 heterocycles. The smallest absolute Gasteiger partial charge is 0.283 e. The van der Waals surface area contributed by atoms with E-state index in [0.717, 1.165) is 0 Å². The van der Waals surface area contributed by atoms with Crippen molar-refractivity contribution >= 4 is 0 Å². The maximum Gasteiger partial charge on any atom is 0.283 e. The summed E-state index contributed by atoms with van der Waals surface area (Å²) in [5.74, 6) is 0.231. The van der Waals surface area contributed by atoms with Crippen LogP contribution >= 0.6 is 0 Å². The van der Waals surface area contributed by atoms with Crippen LogP contribution < -0.4 is 0 Å². The molecule has 6 heteroatoms. The van der Waals surface area contributed by atoms with Crippen molar-refractivity contribution in [2.45, 2.75) is 26.2 Å². The number of oxazole rings is 1. The lowest BCUT2D eigenvalue weighted by atomic mass is 10.1. The van der Waals surface area contributed by atoms with Crippen molar-refractivity contribution in [1.82, 2.24) is 14.8 Å². The average Bonchev–Trinajstić information content (AvgIpc) is 2.82. The summed E-state index contributed by atoms with van der Waals surface area (Å²) in [4.78, 5) is 3.82. The maximum absolute atomic E-state index is 12.8. The molecule has 0 saturated carbocycles. The van der Waals surface area contributed by atoms with Gasteiger partial charge in [-0.1, -0.05) is 13.8 Å². The first-order valence-corrected chi connectivity index (χ1v) is 5.27. The van der Waals surface area contributed by atoms with Crippen LogP contribution in [-0.4, -0.2) is 14.8 Å². The Labute approximate surface area is 97.3 Å². The predicted molar refractivity (Wildman–Crippen MR) is 57.8 cm³/mol. The molecule has 0 atom stereocenters. The van der Waals surface area contributed by atoms with Gasteiger partial charge in [0.05, 0.1) is 0 Å². The Balaban J connectivity index is 2.47. The molecule has 0 radical (unpaired) electrons. The van der Waals surface area contributed by atoms with Crippen LogP contribution in [0.1, 0.15) is 37.6 Å². The molecule has 0 aliphatic carbocycles. The molecule has 0 bridgehead atoms. The van der Waals surface area contributed by atoms with E-state index in [0.29, 0.717) is 5.69 Å². The van der Waals surface area contributed by atoms with E-state index in [1.54, 1.807) is 37.8 Å². The highest BCUT2D eigenvalue weighted by atomic mass is 19.3. The monoisotopic (exact) mass is 241 g/mol. The van der Waals surface area contributed by atoms with Crippen LogP contribution in [0.25, 0.3) is 11.6 Å². The lowest BCUT2D eigenvalue weighted by Gasteiger charge is -2.01. The summed E-state index contributed by atoms with van der Waals surface area (Å²) >= 11 is 0. The molecular weight excluding hydrogens is 228 g/mol. The third-order valence-corrected chi connectivity index (χ3v) is 2.34. The van der Waals surface area contributed by atoms with E-state index in [1.807, 2.05) is 0 Å². The van der Waals surface area contributed by atoms with Crippen molar-refractivity contribution in [2.75, 3.05) is 0 Å². The molecule has 92 valence electrons. The van der Waals surface area contributed by atoms with Crippen molar-refractivity contribution in [3.8, 4) is 11.6 Å². The number of aryl methyl sites for hydroxylation is 1. The second-order valence-electron chi connectivity index (χ2n) is 4.10. The van der Waals surface area contributed by atoms with Crippen molar-refractivity contribution in [1.29, 1.82) is 0 Å². The Morgan fingerprint density at radius 2 is 2.06 bits per heavy atom. The van der Waals surface area contributed by atoms with Crippen molar-refractivity contribution < 1.29 is 13.2 Å². The lowest BCUT2D eigenvalue weighted by molar-refractivity contribution is 0.143. The first-order chi connectivity index (χ1) is 7.99. The van der Waals surface area contributed by atoms with Gasteiger partial charge in [-0.15, -0.1) is 0 Å². The Bertz CT molecular complexity index is 491. The van der Waals surface area contributed by atoms with E-state index in [1.165, 1.54) is 0 Å². The molecule has 0 N–H and O–H groups in total. The van der Waals surface area contributed by atoms with Gasteiger partial charge < -0.3 is 4.42 Å². The number of nitrogens with zero attached hydrogens (tertiary/aromatic N) is 3. The molecule has 0 spiro atoms. The second kappa shape index (κ2) is 4.27. The van der Waals surface area contributed by atoms with E-state index in [9.17, 15) is 8.78 Å². The van der Waals surface area contributed by atoms with Crippen molar-refractivity contribution in [2.24, 2.45) is 7.05 Å². The van der Waals surface area contributed by atoms with Gasteiger partial charge in [0.25, 0.3) is 6.43 Å². The zero-order valence-corrected chi connectivity index (χ0v) is 9.82. The zero-order valence-electron chi connectivity index (χ0n) is 9.82. The van der Waals surface area contributed by atoms with E-state index >= 15 is 0 Å². The molecule has 0 amide bonds. The zero-order chi connectivity index (χ0) is 12.6. The van der Waals surface area contributed by atoms with E-state index in [4.69, 9.17) is 4.42 Å². The number of hydrogen-bond donors (Lipinski definition) is 0. The SMILES string of the molecule is CC(C)c1oc(-c2ccn(C)n2)nc1C(F)F. The highest BCUT2D eigenvalue weighted by molar-refractivity contribution is 5.47. The summed E-state index contributed by atoms with van der Waals surface area (Å²) < 4.78 is 32.5. The quantitative estimate of drug-likeness (QED) is 0.829. The van der Waals surface area contributed by atoms with Crippen LogP contribution in [0.2, 0.25) is 0 Å². The highest BCUT2D eigenvalue weighted by Gasteiger charge is 2.24. The van der Waals surface area contributed by atoms with E-state index in [2.05, 4.69) is 10.1 Å². The molecule has 2 rings (SSSR count). The largest absolute Gasteiger partial charge is 0.439 e. The average molecular weight is 241 g/mol. The van der Waals surface area contributed by atoms with Gasteiger partial charge in [0.15, 0.2) is 0 Å². The first kappa shape index (κ1) is 11.8. The summed E-state index contributed by atoms with van der Waals surface area (Å²) in [5, 5.41) is 4.07. The molecule has 0 aromatic carbocycles. The molecule has 0 saturated heterocycles. The molecule has 2 aromatic rings. The lowest BCUT2D eigenvalue weighted by Crippen LogP contribution is -1.93. The van der Waals surface area contributed by atoms with Gasteiger partial charge in [0.2, 0.25) is 5.89 Å². The van der Waals surface area contributed by atoms with Gasteiger partial charge >= 0.3 is 0 Å². The van der Waals surface area contributed by atoms with Crippen LogP contribution in [0.5, 0.6) is 0 Å². The van der Waals surface area contributed by atoms with Gasteiger partial charge in [-0.2, -0.15) is 5.10 Å². The summed E-state index contributed by atoms with van der Waals surface area (Å²) in [6.45, 7) is 3.57. The van der Waals surface area contributed by atoms with Gasteiger partial charge in [0.1, 0.15) is 17.1 Å². The van der Waals surface area contributed by atoms with E-state index in [-0.39, 0.29) is 23.3 Å². The van der Waals surface area contributed by atoms with Crippen LogP contribution in [0.3, 0.4) is 0 Å². The van der Waals surface area contributed by atoms with Crippen LogP contribution in [0, 0.1) is 0 Å². The van der Waals surface area contributed by atoms with Gasteiger partial charge in [-0.25, -0.2) is 13.8 Å². The fourth-order valence-electron chi connectivity index (χ4n) is 1.55. The summed E-state index contributed by atoms with van der Waals surface area (Å²) in [6, 6.07) is 1.67. The summed E-state index contributed by atoms with van der Waals surface area (Å²) in [5.41, 5.74) is 0.168. The summed E-state index contributed by atoms with van der Waals surface area (Å²) in [7, 11) is 1.74. The minimum Gasteiger partial charge on any atom is -0.439 e. The van der Waals surface area contributed by atoms with Gasteiger partial charge in [0, 0.05) is 19.2 Å². The van der Waals surface area contributed by atoms with Crippen LogP contribution in [0.15, 0.2) is 16.7 Å². The number of hydrogen-bond acceptors (Lipinski definition) is 3. The molecule has 0 fully saturated rings. The van der Waals surface area contributed by atoms with Gasteiger partial charge in [-0.3, -0.25) is 4.68 Å².